The molecule has 0 aliphatic rings. The molecule has 28 heavy (non-hydrogen) atoms. The maximum atomic E-state index is 14.5. The molecule has 5 nitrogen and oxygen atoms in total. The van der Waals surface area contributed by atoms with Gasteiger partial charge in [-0.1, -0.05) is 18.2 Å². The highest BCUT2D eigenvalue weighted by atomic mass is 32.2. The van der Waals surface area contributed by atoms with Crippen molar-refractivity contribution in [2.24, 2.45) is 0 Å². The molecule has 0 aliphatic carbocycles. The summed E-state index contributed by atoms with van der Waals surface area (Å²) in [6.45, 7) is 3.04. The van der Waals surface area contributed by atoms with Gasteiger partial charge in [0.15, 0.2) is 11.6 Å². The van der Waals surface area contributed by atoms with Gasteiger partial charge in [0, 0.05) is 13.0 Å². The molecule has 0 saturated heterocycles. The number of halogens is 1. The van der Waals surface area contributed by atoms with Gasteiger partial charge < -0.3 is 9.47 Å². The van der Waals surface area contributed by atoms with E-state index in [4.69, 9.17) is 9.47 Å². The van der Waals surface area contributed by atoms with Crippen molar-refractivity contribution in [2.45, 2.75) is 23.6 Å². The summed E-state index contributed by atoms with van der Waals surface area (Å²) in [5.41, 5.74) is 0.748. The smallest absolute Gasteiger partial charge is 0.308 e. The fourth-order valence-electron chi connectivity index (χ4n) is 2.59. The lowest BCUT2D eigenvalue weighted by atomic mass is 10.2. The molecule has 144 valence electrons. The predicted octanol–water partition coefficient (Wildman–Crippen LogP) is 4.68. The third-order valence-corrected chi connectivity index (χ3v) is 5.55. The van der Waals surface area contributed by atoms with Crippen LogP contribution in [-0.2, 0) is 14.6 Å². The Morgan fingerprint density at radius 2 is 1.57 bits per heavy atom. The molecular weight excluding hydrogens is 383 g/mol. The molecule has 0 amide bonds. The van der Waals surface area contributed by atoms with E-state index in [1.165, 1.54) is 37.3 Å². The van der Waals surface area contributed by atoms with Crippen LogP contribution < -0.4 is 9.47 Å². The summed E-state index contributed by atoms with van der Waals surface area (Å²) in [6, 6.07) is 16.0. The highest BCUT2D eigenvalue weighted by molar-refractivity contribution is 7.91. The van der Waals surface area contributed by atoms with Crippen LogP contribution in [0, 0.1) is 12.7 Å². The topological polar surface area (TPSA) is 69.7 Å². The summed E-state index contributed by atoms with van der Waals surface area (Å²) in [6.07, 6.45) is 0. The quantitative estimate of drug-likeness (QED) is 0.459. The lowest BCUT2D eigenvalue weighted by Crippen LogP contribution is -2.03. The first-order valence-corrected chi connectivity index (χ1v) is 9.82. The summed E-state index contributed by atoms with van der Waals surface area (Å²) >= 11 is 0. The third-order valence-electron chi connectivity index (χ3n) is 3.78. The molecule has 7 heteroatoms. The van der Waals surface area contributed by atoms with Gasteiger partial charge in [0.25, 0.3) is 0 Å². The van der Waals surface area contributed by atoms with E-state index in [-0.39, 0.29) is 27.0 Å². The van der Waals surface area contributed by atoms with E-state index in [2.05, 4.69) is 0 Å². The van der Waals surface area contributed by atoms with Gasteiger partial charge in [-0.25, -0.2) is 12.8 Å². The minimum absolute atomic E-state index is 0.0766. The maximum Gasteiger partial charge on any atom is 0.308 e. The van der Waals surface area contributed by atoms with Crippen LogP contribution in [0.15, 0.2) is 76.5 Å². The molecule has 0 saturated carbocycles. The van der Waals surface area contributed by atoms with Crippen molar-refractivity contribution in [2.75, 3.05) is 0 Å². The Hall–Kier alpha value is -3.19. The molecule has 0 spiro atoms. The standard InChI is InChI=1S/C21H17FO5S/c1-14-10-16(26-15(2)23)12-17(11-14)27-21-9-8-19(13-20(21)22)28(24,25)18-6-4-3-5-7-18/h3-13H,1-2H3. The average molecular weight is 400 g/mol. The van der Waals surface area contributed by atoms with Gasteiger partial charge >= 0.3 is 5.97 Å². The van der Waals surface area contributed by atoms with E-state index in [0.29, 0.717) is 0 Å². The number of rotatable bonds is 5. The second kappa shape index (κ2) is 7.82. The number of aryl methyl sites for hydroxylation is 1. The first kappa shape index (κ1) is 19.6. The van der Waals surface area contributed by atoms with Crippen molar-refractivity contribution < 1.29 is 27.1 Å². The first-order valence-electron chi connectivity index (χ1n) is 8.33. The fourth-order valence-corrected chi connectivity index (χ4v) is 3.89. The van der Waals surface area contributed by atoms with E-state index in [1.807, 2.05) is 0 Å². The Morgan fingerprint density at radius 1 is 0.893 bits per heavy atom. The van der Waals surface area contributed by atoms with Gasteiger partial charge in [-0.15, -0.1) is 0 Å². The first-order chi connectivity index (χ1) is 13.3. The van der Waals surface area contributed by atoms with Crippen molar-refractivity contribution in [1.29, 1.82) is 0 Å². The SMILES string of the molecule is CC(=O)Oc1cc(C)cc(Oc2ccc(S(=O)(=O)c3ccccc3)cc2F)c1. The molecule has 0 unspecified atom stereocenters. The van der Waals surface area contributed by atoms with E-state index in [0.717, 1.165) is 11.6 Å². The number of sulfone groups is 1. The van der Waals surface area contributed by atoms with Gasteiger partial charge in [-0.2, -0.15) is 0 Å². The van der Waals surface area contributed by atoms with E-state index in [9.17, 15) is 17.6 Å². The Bertz CT molecular complexity index is 1120. The summed E-state index contributed by atoms with van der Waals surface area (Å²) in [4.78, 5) is 11.0. The highest BCUT2D eigenvalue weighted by Gasteiger charge is 2.19. The average Bonchev–Trinajstić information content (AvgIpc) is 2.63. The number of carbonyl (C=O) groups excluding carboxylic acids is 1. The van der Waals surface area contributed by atoms with Gasteiger partial charge in [-0.3, -0.25) is 4.79 Å². The highest BCUT2D eigenvalue weighted by Crippen LogP contribution is 2.31. The van der Waals surface area contributed by atoms with Crippen molar-refractivity contribution in [3.63, 3.8) is 0 Å². The number of hydrogen-bond donors (Lipinski definition) is 0. The molecule has 0 bridgehead atoms. The van der Waals surface area contributed by atoms with E-state index in [1.54, 1.807) is 37.3 Å². The van der Waals surface area contributed by atoms with Crippen molar-refractivity contribution in [1.82, 2.24) is 0 Å². The van der Waals surface area contributed by atoms with Crippen LogP contribution in [0.5, 0.6) is 17.2 Å². The molecule has 0 aliphatic heterocycles. The van der Waals surface area contributed by atoms with Crippen molar-refractivity contribution in [3.05, 3.63) is 78.1 Å². The van der Waals surface area contributed by atoms with Crippen LogP contribution in [0.2, 0.25) is 0 Å². The van der Waals surface area contributed by atoms with Gasteiger partial charge in [0.05, 0.1) is 9.79 Å². The van der Waals surface area contributed by atoms with Crippen molar-refractivity contribution >= 4 is 15.8 Å². The van der Waals surface area contributed by atoms with Gasteiger partial charge in [0.2, 0.25) is 9.84 Å². The van der Waals surface area contributed by atoms with Gasteiger partial charge in [-0.05, 0) is 55.0 Å². The molecule has 3 aromatic carbocycles. The maximum absolute atomic E-state index is 14.5. The van der Waals surface area contributed by atoms with Crippen LogP contribution in [0.3, 0.4) is 0 Å². The molecule has 0 heterocycles. The summed E-state index contributed by atoms with van der Waals surface area (Å²) in [5, 5.41) is 0. The Kier molecular flexibility index (Phi) is 5.46. The second-order valence-corrected chi connectivity index (χ2v) is 8.04. The molecular formula is C21H17FO5S. The molecule has 0 atom stereocenters. The summed E-state index contributed by atoms with van der Waals surface area (Å²) < 4.78 is 50.3. The zero-order chi connectivity index (χ0) is 20.3. The third kappa shape index (κ3) is 4.37. The van der Waals surface area contributed by atoms with Crippen LogP contribution in [0.25, 0.3) is 0 Å². The lowest BCUT2D eigenvalue weighted by molar-refractivity contribution is -0.131. The fraction of sp³-hybridized carbons (Fsp3) is 0.0952. The zero-order valence-corrected chi connectivity index (χ0v) is 16.0. The number of benzene rings is 3. The summed E-state index contributed by atoms with van der Waals surface area (Å²) in [5.74, 6) is -0.933. The molecule has 0 radical (unpaired) electrons. The Labute approximate surface area is 162 Å². The van der Waals surface area contributed by atoms with Crippen molar-refractivity contribution in [3.8, 4) is 17.2 Å². The minimum Gasteiger partial charge on any atom is -0.454 e. The minimum atomic E-state index is -3.83. The van der Waals surface area contributed by atoms with E-state index >= 15 is 0 Å². The predicted molar refractivity (Wildman–Crippen MR) is 101 cm³/mol. The van der Waals surface area contributed by atoms with Crippen LogP contribution >= 0.6 is 0 Å². The zero-order valence-electron chi connectivity index (χ0n) is 15.2. The van der Waals surface area contributed by atoms with Crippen LogP contribution in [0.4, 0.5) is 4.39 Å². The summed E-state index contributed by atoms with van der Waals surface area (Å²) in [7, 11) is -3.83. The molecule has 3 rings (SSSR count). The van der Waals surface area contributed by atoms with Crippen LogP contribution in [0.1, 0.15) is 12.5 Å². The Morgan fingerprint density at radius 3 is 2.21 bits per heavy atom. The molecule has 0 fully saturated rings. The monoisotopic (exact) mass is 400 g/mol. The normalized spacial score (nSPS) is 11.1. The number of hydrogen-bond acceptors (Lipinski definition) is 5. The number of esters is 1. The molecule has 0 aromatic heterocycles. The number of carbonyl (C=O) groups is 1. The van der Waals surface area contributed by atoms with Crippen LogP contribution in [-0.4, -0.2) is 14.4 Å². The second-order valence-electron chi connectivity index (χ2n) is 6.09. The van der Waals surface area contributed by atoms with Gasteiger partial charge in [0.1, 0.15) is 11.5 Å². The largest absolute Gasteiger partial charge is 0.454 e. The Balaban J connectivity index is 1.90. The number of ether oxygens (including phenoxy) is 2. The molecule has 3 aromatic rings. The molecule has 0 N–H and O–H groups in total. The van der Waals surface area contributed by atoms with E-state index < -0.39 is 21.6 Å². The lowest BCUT2D eigenvalue weighted by Gasteiger charge is -2.11.